The molecule has 7 nitrogen and oxygen atoms in total. The van der Waals surface area contributed by atoms with Crippen LogP contribution < -0.4 is 9.47 Å². The minimum Gasteiger partial charge on any atom is -0.486 e. The van der Waals surface area contributed by atoms with E-state index in [1.807, 2.05) is 42.8 Å². The Hall–Kier alpha value is -3.39. The summed E-state index contributed by atoms with van der Waals surface area (Å²) in [7, 11) is 3.27. The predicted octanol–water partition coefficient (Wildman–Crippen LogP) is 5.20. The highest BCUT2D eigenvalue weighted by Crippen LogP contribution is 2.28. The molecule has 0 unspecified atom stereocenters. The number of esters is 1. The number of rotatable bonds is 6. The Morgan fingerprint density at radius 1 is 1.13 bits per heavy atom. The lowest BCUT2D eigenvalue weighted by molar-refractivity contribution is 0.0600. The zero-order valence-corrected chi connectivity index (χ0v) is 18.8. The number of hydrogen-bond acceptors (Lipinski definition) is 6. The average Bonchev–Trinajstić information content (AvgIpc) is 3.09. The highest BCUT2D eigenvalue weighted by Gasteiger charge is 2.12. The fraction of sp³-hybridized carbons (Fsp3) is 0.174. The maximum atomic E-state index is 11.7. The number of fused-ring (bicyclic) bond motifs is 1. The number of carbonyl (C=O) groups excluding carboxylic acids is 1. The highest BCUT2D eigenvalue weighted by atomic mass is 79.9. The number of halogens is 1. The van der Waals surface area contributed by atoms with E-state index in [2.05, 4.69) is 25.9 Å². The molecule has 0 atom stereocenters. The molecule has 2 aromatic heterocycles. The van der Waals surface area contributed by atoms with Gasteiger partial charge in [-0.15, -0.1) is 0 Å². The Morgan fingerprint density at radius 2 is 1.97 bits per heavy atom. The third-order valence-corrected chi connectivity index (χ3v) is 5.21. The van der Waals surface area contributed by atoms with Gasteiger partial charge in [0.1, 0.15) is 23.9 Å². The van der Waals surface area contributed by atoms with Crippen LogP contribution in [0.25, 0.3) is 11.0 Å². The summed E-state index contributed by atoms with van der Waals surface area (Å²) < 4.78 is 19.4. The number of pyridine rings is 1. The van der Waals surface area contributed by atoms with Gasteiger partial charge in [-0.05, 0) is 59.3 Å². The molecule has 0 saturated carbocycles. The molecule has 0 amide bonds. The second kappa shape index (κ2) is 8.77. The van der Waals surface area contributed by atoms with Crippen LogP contribution in [0.1, 0.15) is 21.7 Å². The summed E-state index contributed by atoms with van der Waals surface area (Å²) in [6, 6.07) is 14.5. The lowest BCUT2D eigenvalue weighted by atomic mass is 10.2. The van der Waals surface area contributed by atoms with Gasteiger partial charge in [-0.2, -0.15) is 0 Å². The van der Waals surface area contributed by atoms with Gasteiger partial charge in [-0.25, -0.2) is 14.8 Å². The number of nitrogens with zero attached hydrogens (tertiary/aromatic N) is 3. The average molecular weight is 482 g/mol. The standard InChI is InChI=1S/C23H20BrN3O4/c1-14-9-16(24)12-25-22(14)31-18-7-8-19-20(11-18)27(2)21(26-19)13-30-17-6-4-5-15(10-17)23(28)29-3/h4-12H,13H2,1-3H3. The Bertz CT molecular complexity index is 1270. The fourth-order valence-corrected chi connectivity index (χ4v) is 3.58. The Balaban J connectivity index is 1.53. The zero-order chi connectivity index (χ0) is 22.0. The fourth-order valence-electron chi connectivity index (χ4n) is 3.14. The summed E-state index contributed by atoms with van der Waals surface area (Å²) in [5, 5.41) is 0. The molecule has 2 aromatic carbocycles. The Labute approximate surface area is 187 Å². The first-order valence-corrected chi connectivity index (χ1v) is 10.3. The molecular formula is C23H20BrN3O4. The van der Waals surface area contributed by atoms with E-state index in [1.165, 1.54) is 7.11 Å². The van der Waals surface area contributed by atoms with Crippen LogP contribution in [0.5, 0.6) is 17.4 Å². The van der Waals surface area contributed by atoms with E-state index in [0.717, 1.165) is 26.9 Å². The van der Waals surface area contributed by atoms with Gasteiger partial charge in [0, 0.05) is 29.3 Å². The second-order valence-electron chi connectivity index (χ2n) is 6.92. The van der Waals surface area contributed by atoms with E-state index in [-0.39, 0.29) is 6.61 Å². The van der Waals surface area contributed by atoms with Crippen LogP contribution in [-0.2, 0) is 18.4 Å². The van der Waals surface area contributed by atoms with Gasteiger partial charge >= 0.3 is 5.97 Å². The van der Waals surface area contributed by atoms with Crippen molar-refractivity contribution in [2.45, 2.75) is 13.5 Å². The number of methoxy groups -OCH3 is 1. The van der Waals surface area contributed by atoms with Crippen LogP contribution in [0.4, 0.5) is 0 Å². The molecule has 2 heterocycles. The SMILES string of the molecule is COC(=O)c1cccc(OCc2nc3ccc(Oc4ncc(Br)cc4C)cc3n2C)c1. The van der Waals surface area contributed by atoms with Crippen LogP contribution in [0.3, 0.4) is 0 Å². The summed E-state index contributed by atoms with van der Waals surface area (Å²) in [6.07, 6.45) is 1.70. The smallest absolute Gasteiger partial charge is 0.337 e. The molecule has 4 aromatic rings. The van der Waals surface area contributed by atoms with E-state index >= 15 is 0 Å². The molecule has 0 saturated heterocycles. The molecule has 0 N–H and O–H groups in total. The molecule has 0 fully saturated rings. The number of aromatic nitrogens is 3. The quantitative estimate of drug-likeness (QED) is 0.352. The highest BCUT2D eigenvalue weighted by molar-refractivity contribution is 9.10. The Kier molecular flexibility index (Phi) is 5.90. The molecule has 158 valence electrons. The predicted molar refractivity (Wildman–Crippen MR) is 120 cm³/mol. The van der Waals surface area contributed by atoms with E-state index < -0.39 is 5.97 Å². The van der Waals surface area contributed by atoms with Crippen molar-refractivity contribution in [3.8, 4) is 17.4 Å². The number of benzene rings is 2. The molecule has 0 aliphatic heterocycles. The maximum Gasteiger partial charge on any atom is 0.337 e. The first kappa shape index (κ1) is 20.9. The van der Waals surface area contributed by atoms with Crippen molar-refractivity contribution in [1.29, 1.82) is 0 Å². The third kappa shape index (κ3) is 4.54. The van der Waals surface area contributed by atoms with Crippen LogP contribution in [0.2, 0.25) is 0 Å². The van der Waals surface area contributed by atoms with Gasteiger partial charge in [-0.1, -0.05) is 6.07 Å². The molecule has 0 bridgehead atoms. The van der Waals surface area contributed by atoms with Gasteiger partial charge < -0.3 is 18.8 Å². The topological polar surface area (TPSA) is 75.5 Å². The minimum absolute atomic E-state index is 0.249. The lowest BCUT2D eigenvalue weighted by Gasteiger charge is -2.09. The molecular weight excluding hydrogens is 462 g/mol. The number of imidazole rings is 1. The zero-order valence-electron chi connectivity index (χ0n) is 17.3. The molecule has 31 heavy (non-hydrogen) atoms. The van der Waals surface area contributed by atoms with Gasteiger partial charge in [0.15, 0.2) is 0 Å². The van der Waals surface area contributed by atoms with Gasteiger partial charge in [0.25, 0.3) is 0 Å². The normalized spacial score (nSPS) is 10.8. The maximum absolute atomic E-state index is 11.7. The first-order valence-electron chi connectivity index (χ1n) is 9.51. The molecule has 0 aliphatic rings. The van der Waals surface area contributed by atoms with Crippen LogP contribution in [0, 0.1) is 6.92 Å². The summed E-state index contributed by atoms with van der Waals surface area (Å²) in [5.41, 5.74) is 3.11. The van der Waals surface area contributed by atoms with Crippen molar-refractivity contribution in [2.24, 2.45) is 7.05 Å². The van der Waals surface area contributed by atoms with Crippen molar-refractivity contribution in [2.75, 3.05) is 7.11 Å². The summed E-state index contributed by atoms with van der Waals surface area (Å²) in [6.45, 7) is 2.19. The third-order valence-electron chi connectivity index (χ3n) is 4.78. The first-order chi connectivity index (χ1) is 14.9. The van der Waals surface area contributed by atoms with Crippen LogP contribution >= 0.6 is 15.9 Å². The molecule has 0 aliphatic carbocycles. The number of ether oxygens (including phenoxy) is 3. The van der Waals surface area contributed by atoms with E-state index in [0.29, 0.717) is 22.9 Å². The minimum atomic E-state index is -0.406. The molecule has 0 radical (unpaired) electrons. The molecule has 8 heteroatoms. The monoisotopic (exact) mass is 481 g/mol. The van der Waals surface area contributed by atoms with E-state index in [4.69, 9.17) is 14.2 Å². The van der Waals surface area contributed by atoms with Gasteiger partial charge in [0.05, 0.1) is 23.7 Å². The Morgan fingerprint density at radius 3 is 2.74 bits per heavy atom. The van der Waals surface area contributed by atoms with Crippen LogP contribution in [-0.4, -0.2) is 27.6 Å². The second-order valence-corrected chi connectivity index (χ2v) is 7.84. The van der Waals surface area contributed by atoms with Gasteiger partial charge in [0.2, 0.25) is 5.88 Å². The van der Waals surface area contributed by atoms with E-state index in [9.17, 15) is 4.79 Å². The van der Waals surface area contributed by atoms with Crippen LogP contribution in [0.15, 0.2) is 59.2 Å². The van der Waals surface area contributed by atoms with Crippen molar-refractivity contribution >= 4 is 32.9 Å². The van der Waals surface area contributed by atoms with Crippen molar-refractivity contribution in [1.82, 2.24) is 14.5 Å². The number of aryl methyl sites for hydroxylation is 2. The number of hydrogen-bond donors (Lipinski definition) is 0. The van der Waals surface area contributed by atoms with Gasteiger partial charge in [-0.3, -0.25) is 0 Å². The van der Waals surface area contributed by atoms with Crippen molar-refractivity contribution in [3.05, 3.63) is 76.2 Å². The molecule has 0 spiro atoms. The summed E-state index contributed by atoms with van der Waals surface area (Å²) in [5.74, 6) is 2.13. The molecule has 4 rings (SSSR count). The lowest BCUT2D eigenvalue weighted by Crippen LogP contribution is -2.05. The van der Waals surface area contributed by atoms with Crippen molar-refractivity contribution < 1.29 is 19.0 Å². The van der Waals surface area contributed by atoms with E-state index in [1.54, 1.807) is 30.5 Å². The largest absolute Gasteiger partial charge is 0.486 e. The summed E-state index contributed by atoms with van der Waals surface area (Å²) >= 11 is 3.41. The number of carbonyl (C=O) groups is 1. The summed E-state index contributed by atoms with van der Waals surface area (Å²) in [4.78, 5) is 20.7. The van der Waals surface area contributed by atoms with Crippen molar-refractivity contribution in [3.63, 3.8) is 0 Å².